The molecule has 0 radical (unpaired) electrons. The zero-order valence-corrected chi connectivity index (χ0v) is 13.8. The Hall–Kier alpha value is -1.37. The Morgan fingerprint density at radius 1 is 1.45 bits per heavy atom. The molecule has 0 aromatic heterocycles. The lowest BCUT2D eigenvalue weighted by Crippen LogP contribution is -2.30. The minimum atomic E-state index is -0.518. The molecule has 7 heteroatoms. The monoisotopic (exact) mass is 328 g/mol. The minimum absolute atomic E-state index is 0.0314. The Labute approximate surface area is 134 Å². The van der Waals surface area contributed by atoms with Crippen LogP contribution in [0.4, 0.5) is 11.4 Å². The van der Waals surface area contributed by atoms with Crippen molar-refractivity contribution >= 4 is 23.0 Å². The summed E-state index contributed by atoms with van der Waals surface area (Å²) in [5, 5.41) is 14.5. The first kappa shape index (κ1) is 17.0. The molecule has 0 amide bonds. The number of anilines is 1. The van der Waals surface area contributed by atoms with Crippen LogP contribution in [0.1, 0.15) is 25.8 Å². The third-order valence-electron chi connectivity index (χ3n) is 3.74. The third kappa shape index (κ3) is 4.09. The van der Waals surface area contributed by atoms with Crippen LogP contribution in [0, 0.1) is 23.0 Å². The van der Waals surface area contributed by atoms with Gasteiger partial charge >= 0.3 is 0 Å². The maximum Gasteiger partial charge on any atom is 0.273 e. The van der Waals surface area contributed by atoms with Gasteiger partial charge in [0.05, 0.1) is 28.8 Å². The van der Waals surface area contributed by atoms with Crippen LogP contribution in [0.25, 0.3) is 0 Å². The van der Waals surface area contributed by atoms with Crippen LogP contribution in [0.5, 0.6) is 0 Å². The smallest absolute Gasteiger partial charge is 0.273 e. The Balaban J connectivity index is 1.96. The van der Waals surface area contributed by atoms with E-state index in [1.807, 2.05) is 6.92 Å². The molecular formula is C15H21ClN2O4. The van der Waals surface area contributed by atoms with Crippen molar-refractivity contribution in [1.82, 2.24) is 0 Å². The van der Waals surface area contributed by atoms with Crippen molar-refractivity contribution in [2.24, 2.45) is 5.92 Å². The van der Waals surface area contributed by atoms with Crippen molar-refractivity contribution in [1.29, 1.82) is 0 Å². The van der Waals surface area contributed by atoms with Crippen molar-refractivity contribution in [3.63, 3.8) is 0 Å². The van der Waals surface area contributed by atoms with Gasteiger partial charge in [0.1, 0.15) is 0 Å². The first-order valence-electron chi connectivity index (χ1n) is 7.27. The Morgan fingerprint density at radius 3 is 2.68 bits per heavy atom. The van der Waals surface area contributed by atoms with Crippen LogP contribution < -0.4 is 5.32 Å². The number of aryl methyl sites for hydroxylation is 1. The fourth-order valence-electron chi connectivity index (χ4n) is 2.67. The second-order valence-electron chi connectivity index (χ2n) is 5.90. The zero-order valence-electron chi connectivity index (χ0n) is 13.0. The molecule has 1 aromatic rings. The second kappa shape index (κ2) is 6.81. The lowest BCUT2D eigenvalue weighted by atomic mass is 10.0. The van der Waals surface area contributed by atoms with Gasteiger partial charge < -0.3 is 14.8 Å². The van der Waals surface area contributed by atoms with E-state index >= 15 is 0 Å². The Bertz CT molecular complexity index is 559. The van der Waals surface area contributed by atoms with E-state index in [9.17, 15) is 10.1 Å². The molecule has 0 spiro atoms. The van der Waals surface area contributed by atoms with Gasteiger partial charge in [0.15, 0.2) is 5.79 Å². The largest absolute Gasteiger partial charge is 0.384 e. The van der Waals surface area contributed by atoms with Gasteiger partial charge in [0.2, 0.25) is 0 Å². The van der Waals surface area contributed by atoms with Gasteiger partial charge in [0.25, 0.3) is 5.69 Å². The first-order valence-corrected chi connectivity index (χ1v) is 7.65. The summed E-state index contributed by atoms with van der Waals surface area (Å²) in [6, 6.07) is 3.09. The molecule has 1 unspecified atom stereocenters. The van der Waals surface area contributed by atoms with Crippen LogP contribution in [-0.2, 0) is 9.47 Å². The van der Waals surface area contributed by atoms with E-state index in [1.54, 1.807) is 13.0 Å². The number of nitro benzene ring substituents is 1. The van der Waals surface area contributed by atoms with E-state index < -0.39 is 10.7 Å². The summed E-state index contributed by atoms with van der Waals surface area (Å²) in [6.07, 6.45) is 0.767. The number of ether oxygens (including phenoxy) is 2. The van der Waals surface area contributed by atoms with Crippen LogP contribution >= 0.6 is 11.6 Å². The van der Waals surface area contributed by atoms with Crippen LogP contribution in [0.2, 0.25) is 5.02 Å². The molecule has 22 heavy (non-hydrogen) atoms. The van der Waals surface area contributed by atoms with E-state index in [0.717, 1.165) is 6.42 Å². The summed E-state index contributed by atoms with van der Waals surface area (Å²) in [4.78, 5) is 10.5. The summed E-state index contributed by atoms with van der Waals surface area (Å²) in [5.74, 6) is -0.217. The lowest BCUT2D eigenvalue weighted by molar-refractivity contribution is -0.385. The van der Waals surface area contributed by atoms with Gasteiger partial charge in [-0.05, 0) is 25.8 Å². The highest BCUT2D eigenvalue weighted by molar-refractivity contribution is 6.33. The van der Waals surface area contributed by atoms with Gasteiger partial charge in [-0.25, -0.2) is 0 Å². The summed E-state index contributed by atoms with van der Waals surface area (Å²) in [5.41, 5.74) is 1.32. The molecule has 0 bridgehead atoms. The van der Waals surface area contributed by atoms with Crippen LogP contribution in [0.15, 0.2) is 12.1 Å². The summed E-state index contributed by atoms with van der Waals surface area (Å²) >= 11 is 6.11. The van der Waals surface area contributed by atoms with Gasteiger partial charge in [-0.15, -0.1) is 0 Å². The van der Waals surface area contributed by atoms with E-state index in [0.29, 0.717) is 41.9 Å². The molecule has 1 saturated heterocycles. The summed E-state index contributed by atoms with van der Waals surface area (Å²) < 4.78 is 11.2. The number of hydrogen-bond acceptors (Lipinski definition) is 5. The van der Waals surface area contributed by atoms with E-state index in [1.165, 1.54) is 6.07 Å². The van der Waals surface area contributed by atoms with Crippen molar-refractivity contribution in [3.8, 4) is 0 Å². The second-order valence-corrected chi connectivity index (χ2v) is 6.30. The fourth-order valence-corrected chi connectivity index (χ4v) is 2.89. The molecule has 122 valence electrons. The number of rotatable bonds is 6. The molecule has 1 aliphatic rings. The van der Waals surface area contributed by atoms with E-state index in [-0.39, 0.29) is 5.69 Å². The predicted molar refractivity (Wildman–Crippen MR) is 85.4 cm³/mol. The Kier molecular flexibility index (Phi) is 5.26. The SMILES string of the molecule is Cc1cc(NCC(C)CC2(C)OCCO2)c(Cl)cc1[N+](=O)[O-]. The van der Waals surface area contributed by atoms with Gasteiger partial charge in [-0.3, -0.25) is 10.1 Å². The van der Waals surface area contributed by atoms with Crippen molar-refractivity contribution < 1.29 is 14.4 Å². The number of nitrogens with one attached hydrogen (secondary N) is 1. The van der Waals surface area contributed by atoms with Crippen LogP contribution in [0.3, 0.4) is 0 Å². The highest BCUT2D eigenvalue weighted by atomic mass is 35.5. The number of nitrogens with zero attached hydrogens (tertiary/aromatic N) is 1. The highest BCUT2D eigenvalue weighted by Crippen LogP contribution is 2.31. The van der Waals surface area contributed by atoms with E-state index in [2.05, 4.69) is 12.2 Å². The fraction of sp³-hybridized carbons (Fsp3) is 0.600. The average Bonchev–Trinajstić information content (AvgIpc) is 2.85. The molecule has 1 aliphatic heterocycles. The molecule has 2 rings (SSSR count). The molecule has 6 nitrogen and oxygen atoms in total. The molecule has 0 saturated carbocycles. The number of nitro groups is 1. The highest BCUT2D eigenvalue weighted by Gasteiger charge is 2.32. The zero-order chi connectivity index (χ0) is 16.3. The molecule has 1 N–H and O–H groups in total. The number of benzene rings is 1. The van der Waals surface area contributed by atoms with Crippen molar-refractivity contribution in [2.45, 2.75) is 33.0 Å². The van der Waals surface area contributed by atoms with Gasteiger partial charge in [-0.1, -0.05) is 18.5 Å². The lowest BCUT2D eigenvalue weighted by Gasteiger charge is -2.26. The number of halogens is 1. The molecule has 1 heterocycles. The Morgan fingerprint density at radius 2 is 2.09 bits per heavy atom. The minimum Gasteiger partial charge on any atom is -0.384 e. The van der Waals surface area contributed by atoms with Crippen LogP contribution in [-0.4, -0.2) is 30.5 Å². The maximum absolute atomic E-state index is 10.9. The van der Waals surface area contributed by atoms with Gasteiger partial charge in [-0.2, -0.15) is 0 Å². The van der Waals surface area contributed by atoms with Gasteiger partial charge in [0, 0.05) is 24.6 Å². The van der Waals surface area contributed by atoms with E-state index in [4.69, 9.17) is 21.1 Å². The molecule has 0 aliphatic carbocycles. The summed E-state index contributed by atoms with van der Waals surface area (Å²) in [7, 11) is 0. The quantitative estimate of drug-likeness (QED) is 0.635. The standard InChI is InChI=1S/C15H21ClN2O4/c1-10(8-15(3)21-4-5-22-15)9-17-13-6-11(2)14(18(19)20)7-12(13)16/h6-7,10,17H,4-5,8-9H2,1-3H3. The summed E-state index contributed by atoms with van der Waals surface area (Å²) in [6.45, 7) is 7.67. The molecule has 1 atom stereocenters. The topological polar surface area (TPSA) is 73.6 Å². The normalized spacial score (nSPS) is 18.2. The predicted octanol–water partition coefficient (Wildman–Crippen LogP) is 3.76. The van der Waals surface area contributed by atoms with Crippen molar-refractivity contribution in [2.75, 3.05) is 25.1 Å². The first-order chi connectivity index (χ1) is 10.3. The third-order valence-corrected chi connectivity index (χ3v) is 4.05. The maximum atomic E-state index is 10.9. The number of hydrogen-bond donors (Lipinski definition) is 1. The molecule has 1 aromatic carbocycles. The molecule has 1 fully saturated rings. The van der Waals surface area contributed by atoms with Crippen molar-refractivity contribution in [3.05, 3.63) is 32.8 Å². The molecular weight excluding hydrogens is 308 g/mol. The average molecular weight is 329 g/mol.